The third-order valence-electron chi connectivity index (χ3n) is 5.41. The fourth-order valence-electron chi connectivity index (χ4n) is 3.82. The Morgan fingerprint density at radius 1 is 1.23 bits per heavy atom. The number of nitrogens with one attached hydrogen (secondary N) is 3. The van der Waals surface area contributed by atoms with E-state index in [1.54, 1.807) is 6.07 Å². The number of nitrogens with zero attached hydrogens (tertiary/aromatic N) is 2. The lowest BCUT2D eigenvalue weighted by Crippen LogP contribution is -2.29. The normalized spacial score (nSPS) is 14.4. The van der Waals surface area contributed by atoms with E-state index in [4.69, 9.17) is 0 Å². The van der Waals surface area contributed by atoms with Gasteiger partial charge in [-0.15, -0.1) is 0 Å². The van der Waals surface area contributed by atoms with E-state index < -0.39 is 17.4 Å². The number of aromatic amines is 1. The zero-order valence-corrected chi connectivity index (χ0v) is 16.6. The van der Waals surface area contributed by atoms with E-state index in [1.165, 1.54) is 18.2 Å². The third-order valence-corrected chi connectivity index (χ3v) is 5.41. The predicted molar refractivity (Wildman–Crippen MR) is 113 cm³/mol. The van der Waals surface area contributed by atoms with Crippen molar-refractivity contribution in [1.29, 1.82) is 0 Å². The summed E-state index contributed by atoms with van der Waals surface area (Å²) < 4.78 is 29.0. The standard InChI is InChI=1S/C22H23F2N5O/c1-3-12-8-21(30)15(23)9-14(12)13-6-16(24)22-18(7-13)28-29-20(22)11-27-17-4-5-26-10-19(17)25-2/h6-9,26-27,30H,2-5,10-11H2,1H3,(H,28,29). The number of benzene rings is 2. The summed E-state index contributed by atoms with van der Waals surface area (Å²) in [4.78, 5) is 4.04. The number of aryl methyl sites for hydroxylation is 1. The van der Waals surface area contributed by atoms with Gasteiger partial charge in [-0.3, -0.25) is 10.1 Å². The van der Waals surface area contributed by atoms with Crippen molar-refractivity contribution < 1.29 is 13.9 Å². The molecule has 2 heterocycles. The van der Waals surface area contributed by atoms with Crippen molar-refractivity contribution >= 4 is 17.6 Å². The molecule has 2 aromatic carbocycles. The van der Waals surface area contributed by atoms with Crippen molar-refractivity contribution in [2.24, 2.45) is 4.99 Å². The van der Waals surface area contributed by atoms with Crippen molar-refractivity contribution in [3.8, 4) is 16.9 Å². The van der Waals surface area contributed by atoms with Crippen LogP contribution < -0.4 is 10.6 Å². The van der Waals surface area contributed by atoms with Gasteiger partial charge in [-0.2, -0.15) is 5.10 Å². The van der Waals surface area contributed by atoms with Crippen LogP contribution in [0, 0.1) is 11.6 Å². The maximum atomic E-state index is 15.1. The summed E-state index contributed by atoms with van der Waals surface area (Å²) in [6, 6.07) is 5.72. The van der Waals surface area contributed by atoms with Gasteiger partial charge in [-0.05, 0) is 54.1 Å². The Morgan fingerprint density at radius 2 is 2.07 bits per heavy atom. The number of aliphatic imine (C=N–C) groups is 1. The van der Waals surface area contributed by atoms with Crippen LogP contribution in [0.15, 0.2) is 40.7 Å². The third kappa shape index (κ3) is 3.66. The number of rotatable bonds is 6. The van der Waals surface area contributed by atoms with Gasteiger partial charge in [-0.1, -0.05) is 6.92 Å². The lowest BCUT2D eigenvalue weighted by atomic mass is 9.96. The molecule has 0 spiro atoms. The molecule has 4 rings (SSSR count). The molecule has 0 radical (unpaired) electrons. The van der Waals surface area contributed by atoms with Gasteiger partial charge in [-0.25, -0.2) is 8.78 Å². The van der Waals surface area contributed by atoms with Crippen molar-refractivity contribution in [2.45, 2.75) is 26.3 Å². The molecule has 8 heteroatoms. The lowest BCUT2D eigenvalue weighted by Gasteiger charge is -2.19. The van der Waals surface area contributed by atoms with E-state index >= 15 is 4.39 Å². The molecule has 0 aliphatic carbocycles. The molecule has 1 aromatic heterocycles. The average Bonchev–Trinajstić information content (AvgIpc) is 3.17. The molecule has 4 N–H and O–H groups in total. The molecule has 156 valence electrons. The van der Waals surface area contributed by atoms with Crippen molar-refractivity contribution in [3.05, 3.63) is 58.6 Å². The van der Waals surface area contributed by atoms with Crippen LogP contribution >= 0.6 is 0 Å². The van der Waals surface area contributed by atoms with Crippen LogP contribution in [-0.2, 0) is 13.0 Å². The SMILES string of the molecule is C=NC1=C(NCc2[nH]nc3cc(-c4cc(F)c(O)cc4CC)cc(F)c23)CCNC1. The van der Waals surface area contributed by atoms with Gasteiger partial charge >= 0.3 is 0 Å². The molecule has 30 heavy (non-hydrogen) atoms. The highest BCUT2D eigenvalue weighted by Crippen LogP contribution is 2.33. The first-order valence-corrected chi connectivity index (χ1v) is 9.83. The predicted octanol–water partition coefficient (Wildman–Crippen LogP) is 3.77. The zero-order valence-electron chi connectivity index (χ0n) is 16.6. The largest absolute Gasteiger partial charge is 0.505 e. The summed E-state index contributed by atoms with van der Waals surface area (Å²) in [6.45, 7) is 7.35. The van der Waals surface area contributed by atoms with Gasteiger partial charge in [0.1, 0.15) is 5.82 Å². The minimum absolute atomic E-state index is 0.370. The molecular weight excluding hydrogens is 388 g/mol. The van der Waals surface area contributed by atoms with Gasteiger partial charge < -0.3 is 15.7 Å². The number of H-pyrrole nitrogens is 1. The van der Waals surface area contributed by atoms with Crippen LogP contribution in [0.5, 0.6) is 5.75 Å². The van der Waals surface area contributed by atoms with Crippen molar-refractivity contribution in [2.75, 3.05) is 13.1 Å². The van der Waals surface area contributed by atoms with Crippen LogP contribution in [-0.4, -0.2) is 35.1 Å². The van der Waals surface area contributed by atoms with Crippen LogP contribution in [0.4, 0.5) is 8.78 Å². The highest BCUT2D eigenvalue weighted by molar-refractivity contribution is 5.87. The molecule has 0 bridgehead atoms. The minimum atomic E-state index is -0.739. The summed E-state index contributed by atoms with van der Waals surface area (Å²) in [5.74, 6) is -1.59. The lowest BCUT2D eigenvalue weighted by molar-refractivity contribution is 0.432. The Bertz CT molecular complexity index is 1150. The van der Waals surface area contributed by atoms with Gasteiger partial charge in [0.2, 0.25) is 0 Å². The number of hydrogen-bond donors (Lipinski definition) is 4. The molecule has 1 aliphatic rings. The first kappa shape index (κ1) is 20.0. The summed E-state index contributed by atoms with van der Waals surface area (Å²) in [5.41, 5.74) is 4.70. The molecule has 1 aliphatic heterocycles. The monoisotopic (exact) mass is 411 g/mol. The van der Waals surface area contributed by atoms with Gasteiger partial charge in [0.15, 0.2) is 11.6 Å². The first-order valence-electron chi connectivity index (χ1n) is 9.83. The Hall–Kier alpha value is -3.26. The zero-order chi connectivity index (χ0) is 21.3. The highest BCUT2D eigenvalue weighted by atomic mass is 19.1. The van der Waals surface area contributed by atoms with Crippen molar-refractivity contribution in [1.82, 2.24) is 20.8 Å². The van der Waals surface area contributed by atoms with Crippen LogP contribution in [0.1, 0.15) is 24.6 Å². The second-order valence-corrected chi connectivity index (χ2v) is 7.23. The molecule has 0 saturated heterocycles. The number of aromatic nitrogens is 2. The fourth-order valence-corrected chi connectivity index (χ4v) is 3.82. The molecule has 0 atom stereocenters. The number of halogens is 2. The van der Waals surface area contributed by atoms with Crippen LogP contribution in [0.25, 0.3) is 22.0 Å². The van der Waals surface area contributed by atoms with E-state index in [1.807, 2.05) is 6.92 Å². The summed E-state index contributed by atoms with van der Waals surface area (Å²) in [6.07, 6.45) is 1.36. The summed E-state index contributed by atoms with van der Waals surface area (Å²) in [7, 11) is 0. The summed E-state index contributed by atoms with van der Waals surface area (Å²) in [5, 5.41) is 23.7. The molecule has 0 fully saturated rings. The molecule has 0 amide bonds. The van der Waals surface area contributed by atoms with Crippen LogP contribution in [0.2, 0.25) is 0 Å². The Morgan fingerprint density at radius 3 is 2.83 bits per heavy atom. The first-order chi connectivity index (χ1) is 14.5. The van der Waals surface area contributed by atoms with Crippen molar-refractivity contribution in [3.63, 3.8) is 0 Å². The summed E-state index contributed by atoms with van der Waals surface area (Å²) >= 11 is 0. The number of fused-ring (bicyclic) bond motifs is 1. The smallest absolute Gasteiger partial charge is 0.165 e. The van der Waals surface area contributed by atoms with E-state index in [-0.39, 0.29) is 0 Å². The highest BCUT2D eigenvalue weighted by Gasteiger charge is 2.17. The van der Waals surface area contributed by atoms with Gasteiger partial charge in [0.05, 0.1) is 28.8 Å². The Balaban J connectivity index is 1.68. The van der Waals surface area contributed by atoms with Crippen LogP contribution in [0.3, 0.4) is 0 Å². The average molecular weight is 411 g/mol. The van der Waals surface area contributed by atoms with E-state index in [0.29, 0.717) is 47.2 Å². The van der Waals surface area contributed by atoms with Gasteiger partial charge in [0, 0.05) is 25.2 Å². The van der Waals surface area contributed by atoms with E-state index in [0.717, 1.165) is 29.9 Å². The second kappa shape index (κ2) is 8.23. The Kier molecular flexibility index (Phi) is 5.50. The molecule has 0 unspecified atom stereocenters. The van der Waals surface area contributed by atoms with E-state index in [9.17, 15) is 9.50 Å². The number of phenols is 1. The topological polar surface area (TPSA) is 85.3 Å². The maximum absolute atomic E-state index is 15.1. The maximum Gasteiger partial charge on any atom is 0.165 e. The molecule has 0 saturated carbocycles. The quantitative estimate of drug-likeness (QED) is 0.465. The number of hydrogen-bond acceptors (Lipinski definition) is 5. The number of aromatic hydroxyl groups is 1. The van der Waals surface area contributed by atoms with Gasteiger partial charge in [0.25, 0.3) is 0 Å². The Labute approximate surface area is 172 Å². The minimum Gasteiger partial charge on any atom is -0.505 e. The fraction of sp³-hybridized carbons (Fsp3) is 0.273. The molecule has 3 aromatic rings. The molecule has 6 nitrogen and oxygen atoms in total. The number of phenolic OH excluding ortho intramolecular Hbond substituents is 1. The molecular formula is C22H23F2N5O. The second-order valence-electron chi connectivity index (χ2n) is 7.23. The van der Waals surface area contributed by atoms with E-state index in [2.05, 4.69) is 32.5 Å².